The fourth-order valence-electron chi connectivity index (χ4n) is 3.45. The van der Waals surface area contributed by atoms with Gasteiger partial charge in [-0.15, -0.1) is 0 Å². The zero-order valence-electron chi connectivity index (χ0n) is 15.8. The minimum atomic E-state index is -0.792. The summed E-state index contributed by atoms with van der Waals surface area (Å²) < 4.78 is 15.3. The van der Waals surface area contributed by atoms with E-state index in [0.717, 1.165) is 0 Å². The van der Waals surface area contributed by atoms with Crippen molar-refractivity contribution in [2.45, 2.75) is 44.9 Å². The molecule has 7 nitrogen and oxygen atoms in total. The molecule has 0 saturated heterocycles. The number of amides is 2. The minimum absolute atomic E-state index is 0.192. The molecule has 0 aliphatic heterocycles. The number of rotatable bonds is 7. The van der Waals surface area contributed by atoms with E-state index in [9.17, 15) is 19.1 Å². The predicted octanol–water partition coefficient (Wildman–Crippen LogP) is 1.27. The van der Waals surface area contributed by atoms with Gasteiger partial charge in [-0.2, -0.15) is 5.10 Å². The van der Waals surface area contributed by atoms with Gasteiger partial charge in [0.25, 0.3) is 5.91 Å². The molecule has 0 radical (unpaired) electrons. The third-order valence-corrected chi connectivity index (χ3v) is 5.06. The van der Waals surface area contributed by atoms with Crippen molar-refractivity contribution < 1.29 is 19.1 Å². The third kappa shape index (κ3) is 4.75. The largest absolute Gasteiger partial charge is 0.391 e. The molecule has 1 aliphatic carbocycles. The number of aliphatic hydroxyl groups excluding tert-OH is 1. The Kier molecular flexibility index (Phi) is 6.41. The van der Waals surface area contributed by atoms with Gasteiger partial charge in [0.05, 0.1) is 12.1 Å². The normalized spacial score (nSPS) is 21.5. The second-order valence-electron chi connectivity index (χ2n) is 7.00. The molecule has 2 amide bonds. The second kappa shape index (κ2) is 8.97. The third-order valence-electron chi connectivity index (χ3n) is 5.06. The monoisotopic (exact) mass is 388 g/mol. The minimum Gasteiger partial charge on any atom is -0.391 e. The second-order valence-corrected chi connectivity index (χ2v) is 7.00. The van der Waals surface area contributed by atoms with Gasteiger partial charge >= 0.3 is 0 Å². The molecule has 1 saturated carbocycles. The number of aromatic nitrogens is 2. The lowest BCUT2D eigenvalue weighted by molar-refractivity contribution is -0.125. The zero-order valence-corrected chi connectivity index (χ0v) is 15.8. The number of aryl methyl sites for hydroxylation is 1. The number of benzene rings is 1. The molecule has 3 N–H and O–H groups in total. The SMILES string of the molecule is CCn1ccc(C(=O)N[C@@H]2C[C@H](C(=O)NCCc3ccccc3F)C[C@H]2O)n1. The van der Waals surface area contributed by atoms with Crippen molar-refractivity contribution in [1.82, 2.24) is 20.4 Å². The molecule has 1 aliphatic rings. The topological polar surface area (TPSA) is 96.2 Å². The van der Waals surface area contributed by atoms with Crippen LogP contribution >= 0.6 is 0 Å². The lowest BCUT2D eigenvalue weighted by Crippen LogP contribution is -2.40. The van der Waals surface area contributed by atoms with E-state index in [1.54, 1.807) is 35.1 Å². The number of nitrogens with one attached hydrogen (secondary N) is 2. The van der Waals surface area contributed by atoms with Gasteiger partial charge in [-0.25, -0.2) is 4.39 Å². The number of hydrogen-bond acceptors (Lipinski definition) is 4. The molecular weight excluding hydrogens is 363 g/mol. The first-order valence-corrected chi connectivity index (χ1v) is 9.51. The Hall–Kier alpha value is -2.74. The molecule has 1 fully saturated rings. The maximum absolute atomic E-state index is 13.6. The Morgan fingerprint density at radius 3 is 2.79 bits per heavy atom. The number of halogens is 1. The van der Waals surface area contributed by atoms with E-state index in [2.05, 4.69) is 15.7 Å². The van der Waals surface area contributed by atoms with Gasteiger partial charge in [0.15, 0.2) is 0 Å². The number of aliphatic hydroxyl groups is 1. The summed E-state index contributed by atoms with van der Waals surface area (Å²) in [6, 6.07) is 7.57. The van der Waals surface area contributed by atoms with E-state index >= 15 is 0 Å². The summed E-state index contributed by atoms with van der Waals surface area (Å²) in [6.07, 6.45) is 1.95. The summed E-state index contributed by atoms with van der Waals surface area (Å²) in [4.78, 5) is 24.6. The van der Waals surface area contributed by atoms with Crippen molar-refractivity contribution in [2.24, 2.45) is 5.92 Å². The van der Waals surface area contributed by atoms with Crippen LogP contribution in [0, 0.1) is 11.7 Å². The van der Waals surface area contributed by atoms with Crippen LogP contribution in [-0.4, -0.2) is 45.4 Å². The summed E-state index contributed by atoms with van der Waals surface area (Å²) in [7, 11) is 0. The standard InChI is InChI=1S/C20H25FN4O3/c1-2-25-10-8-16(24-25)20(28)23-17-11-14(12-18(17)26)19(27)22-9-7-13-5-3-4-6-15(13)21/h3-6,8,10,14,17-18,26H,2,7,9,11-12H2,1H3,(H,22,27)(H,23,28)/t14-,17+,18+/m0/s1. The van der Waals surface area contributed by atoms with Crippen LogP contribution in [-0.2, 0) is 17.8 Å². The van der Waals surface area contributed by atoms with E-state index in [4.69, 9.17) is 0 Å². The van der Waals surface area contributed by atoms with Gasteiger partial charge in [0, 0.05) is 25.2 Å². The molecule has 2 aromatic rings. The van der Waals surface area contributed by atoms with Gasteiger partial charge < -0.3 is 15.7 Å². The molecule has 0 bridgehead atoms. The fourth-order valence-corrected chi connectivity index (χ4v) is 3.45. The molecule has 3 rings (SSSR count). The smallest absolute Gasteiger partial charge is 0.272 e. The van der Waals surface area contributed by atoms with Gasteiger partial charge in [0.2, 0.25) is 5.91 Å². The fraction of sp³-hybridized carbons (Fsp3) is 0.450. The van der Waals surface area contributed by atoms with Crippen LogP contribution in [0.2, 0.25) is 0 Å². The van der Waals surface area contributed by atoms with Crippen molar-refractivity contribution in [3.05, 3.63) is 53.6 Å². The van der Waals surface area contributed by atoms with Gasteiger partial charge in [-0.3, -0.25) is 14.3 Å². The molecule has 1 heterocycles. The van der Waals surface area contributed by atoms with Crippen LogP contribution in [0.4, 0.5) is 4.39 Å². The first-order chi connectivity index (χ1) is 13.5. The highest BCUT2D eigenvalue weighted by molar-refractivity contribution is 5.92. The van der Waals surface area contributed by atoms with Crippen LogP contribution in [0.1, 0.15) is 35.8 Å². The quantitative estimate of drug-likeness (QED) is 0.666. The molecular formula is C20H25FN4O3. The first-order valence-electron chi connectivity index (χ1n) is 9.51. The van der Waals surface area contributed by atoms with Crippen LogP contribution in [0.3, 0.4) is 0 Å². The van der Waals surface area contributed by atoms with Crippen molar-refractivity contribution in [1.29, 1.82) is 0 Å². The molecule has 1 aromatic heterocycles. The van der Waals surface area contributed by atoms with Crippen LogP contribution in [0.5, 0.6) is 0 Å². The van der Waals surface area contributed by atoms with E-state index < -0.39 is 18.1 Å². The summed E-state index contributed by atoms with van der Waals surface area (Å²) in [5.41, 5.74) is 0.831. The van der Waals surface area contributed by atoms with Crippen LogP contribution in [0.15, 0.2) is 36.5 Å². The van der Waals surface area contributed by atoms with Crippen molar-refractivity contribution >= 4 is 11.8 Å². The average Bonchev–Trinajstić information content (AvgIpc) is 3.30. The lowest BCUT2D eigenvalue weighted by atomic mass is 10.1. The molecule has 8 heteroatoms. The molecule has 0 spiro atoms. The summed E-state index contributed by atoms with van der Waals surface area (Å²) in [5, 5.41) is 19.9. The van der Waals surface area contributed by atoms with Crippen LogP contribution in [0.25, 0.3) is 0 Å². The Bertz CT molecular complexity index is 838. The van der Waals surface area contributed by atoms with Gasteiger partial charge in [-0.05, 0) is 43.9 Å². The Balaban J connectivity index is 1.47. The highest BCUT2D eigenvalue weighted by atomic mass is 19.1. The van der Waals surface area contributed by atoms with Crippen molar-refractivity contribution in [2.75, 3.05) is 6.54 Å². The molecule has 1 aromatic carbocycles. The molecule has 3 atom stereocenters. The number of nitrogens with zero attached hydrogens (tertiary/aromatic N) is 2. The maximum atomic E-state index is 13.6. The summed E-state index contributed by atoms with van der Waals surface area (Å²) in [5.74, 6) is -1.24. The van der Waals surface area contributed by atoms with E-state index in [1.807, 2.05) is 6.92 Å². The van der Waals surface area contributed by atoms with E-state index in [-0.39, 0.29) is 29.7 Å². The molecule has 0 unspecified atom stereocenters. The van der Waals surface area contributed by atoms with Gasteiger partial charge in [0.1, 0.15) is 11.5 Å². The van der Waals surface area contributed by atoms with Gasteiger partial charge in [-0.1, -0.05) is 18.2 Å². The van der Waals surface area contributed by atoms with Crippen molar-refractivity contribution in [3.63, 3.8) is 0 Å². The van der Waals surface area contributed by atoms with E-state index in [1.165, 1.54) is 6.07 Å². The lowest BCUT2D eigenvalue weighted by Gasteiger charge is -2.15. The first kappa shape index (κ1) is 20.0. The average molecular weight is 388 g/mol. The number of carbonyl (C=O) groups excluding carboxylic acids is 2. The Morgan fingerprint density at radius 1 is 1.29 bits per heavy atom. The predicted molar refractivity (Wildman–Crippen MR) is 101 cm³/mol. The highest BCUT2D eigenvalue weighted by Crippen LogP contribution is 2.26. The highest BCUT2D eigenvalue weighted by Gasteiger charge is 2.37. The van der Waals surface area contributed by atoms with E-state index in [0.29, 0.717) is 31.5 Å². The van der Waals surface area contributed by atoms with Crippen molar-refractivity contribution in [3.8, 4) is 0 Å². The zero-order chi connectivity index (χ0) is 20.1. The Morgan fingerprint density at radius 2 is 2.07 bits per heavy atom. The summed E-state index contributed by atoms with van der Waals surface area (Å²) >= 11 is 0. The number of carbonyl (C=O) groups is 2. The molecule has 28 heavy (non-hydrogen) atoms. The Labute approximate surface area is 162 Å². The molecule has 150 valence electrons. The number of hydrogen-bond donors (Lipinski definition) is 3. The maximum Gasteiger partial charge on any atom is 0.272 e. The van der Waals surface area contributed by atoms with Crippen LogP contribution < -0.4 is 10.6 Å². The summed E-state index contributed by atoms with van der Waals surface area (Å²) in [6.45, 7) is 2.90.